The molecule has 108 valence electrons. The molecule has 1 aromatic carbocycles. The van der Waals surface area contributed by atoms with Crippen LogP contribution in [0, 0.1) is 0 Å². The highest BCUT2D eigenvalue weighted by Gasteiger charge is 2.18. The van der Waals surface area contributed by atoms with Crippen LogP contribution in [0.15, 0.2) is 18.2 Å². The molecule has 1 heterocycles. The first-order chi connectivity index (χ1) is 9.65. The van der Waals surface area contributed by atoms with Crippen LogP contribution in [0.3, 0.4) is 0 Å². The molecule has 20 heavy (non-hydrogen) atoms. The van der Waals surface area contributed by atoms with Gasteiger partial charge in [-0.2, -0.15) is 0 Å². The van der Waals surface area contributed by atoms with E-state index in [1.165, 1.54) is 11.5 Å². The lowest BCUT2D eigenvalue weighted by atomic mass is 10.0. The molecule has 0 bridgehead atoms. The van der Waals surface area contributed by atoms with Gasteiger partial charge in [0.05, 0.1) is 26.7 Å². The summed E-state index contributed by atoms with van der Waals surface area (Å²) in [5.41, 5.74) is 4.92. The SMILES string of the molecule is CCCc1nnsc1C(Cc1ccc(Cl)c(Cl)c1)NN. The molecule has 0 spiro atoms. The van der Waals surface area contributed by atoms with Crippen molar-refractivity contribution < 1.29 is 0 Å². The minimum Gasteiger partial charge on any atom is -0.271 e. The molecular weight excluding hydrogens is 315 g/mol. The second kappa shape index (κ2) is 7.33. The number of nitrogens with one attached hydrogen (secondary N) is 1. The van der Waals surface area contributed by atoms with Crippen molar-refractivity contribution in [1.29, 1.82) is 0 Å². The van der Waals surface area contributed by atoms with Gasteiger partial charge in [-0.15, -0.1) is 5.10 Å². The fourth-order valence-corrected chi connectivity index (χ4v) is 3.09. The summed E-state index contributed by atoms with van der Waals surface area (Å²) < 4.78 is 4.03. The predicted octanol–water partition coefficient (Wildman–Crippen LogP) is 3.54. The van der Waals surface area contributed by atoms with Crippen molar-refractivity contribution in [3.05, 3.63) is 44.4 Å². The molecule has 4 nitrogen and oxygen atoms in total. The predicted molar refractivity (Wildman–Crippen MR) is 84.1 cm³/mol. The number of aromatic nitrogens is 2. The van der Waals surface area contributed by atoms with E-state index in [9.17, 15) is 0 Å². The van der Waals surface area contributed by atoms with E-state index in [1.54, 1.807) is 6.07 Å². The van der Waals surface area contributed by atoms with E-state index in [4.69, 9.17) is 29.0 Å². The second-order valence-electron chi connectivity index (χ2n) is 4.51. The van der Waals surface area contributed by atoms with Gasteiger partial charge < -0.3 is 0 Å². The van der Waals surface area contributed by atoms with Gasteiger partial charge in [0, 0.05) is 0 Å². The average molecular weight is 331 g/mol. The van der Waals surface area contributed by atoms with Crippen molar-refractivity contribution in [2.24, 2.45) is 5.84 Å². The number of hydrogen-bond donors (Lipinski definition) is 2. The van der Waals surface area contributed by atoms with Crippen LogP contribution in [0.2, 0.25) is 10.0 Å². The highest BCUT2D eigenvalue weighted by Crippen LogP contribution is 2.28. The first-order valence-corrected chi connectivity index (χ1v) is 7.89. The minimum atomic E-state index is -0.0196. The molecule has 7 heteroatoms. The third-order valence-electron chi connectivity index (χ3n) is 3.01. The molecule has 0 saturated carbocycles. The third kappa shape index (κ3) is 3.68. The first-order valence-electron chi connectivity index (χ1n) is 6.36. The Hall–Kier alpha value is -0.720. The van der Waals surface area contributed by atoms with Crippen LogP contribution in [-0.4, -0.2) is 9.59 Å². The van der Waals surface area contributed by atoms with Crippen LogP contribution >= 0.6 is 34.7 Å². The normalized spacial score (nSPS) is 12.6. The molecule has 2 rings (SSSR count). The van der Waals surface area contributed by atoms with Gasteiger partial charge >= 0.3 is 0 Å². The third-order valence-corrected chi connectivity index (χ3v) is 4.63. The zero-order chi connectivity index (χ0) is 14.5. The summed E-state index contributed by atoms with van der Waals surface area (Å²) in [4.78, 5) is 1.08. The van der Waals surface area contributed by atoms with Crippen LogP contribution < -0.4 is 11.3 Å². The van der Waals surface area contributed by atoms with Gasteiger partial charge in [0.1, 0.15) is 0 Å². The Balaban J connectivity index is 2.19. The quantitative estimate of drug-likeness (QED) is 0.628. The van der Waals surface area contributed by atoms with Crippen LogP contribution in [0.1, 0.15) is 35.5 Å². The molecule has 0 amide bonds. The standard InChI is InChI=1S/C13H16Cl2N4S/c1-2-3-11-13(20-19-18-11)12(17-16)7-8-4-5-9(14)10(15)6-8/h4-6,12,17H,2-3,7,16H2,1H3. The van der Waals surface area contributed by atoms with E-state index >= 15 is 0 Å². The second-order valence-corrected chi connectivity index (χ2v) is 6.11. The number of aryl methyl sites for hydroxylation is 1. The summed E-state index contributed by atoms with van der Waals surface area (Å²) in [7, 11) is 0. The molecule has 1 aromatic heterocycles. The highest BCUT2D eigenvalue weighted by atomic mass is 35.5. The van der Waals surface area contributed by atoms with Crippen LogP contribution in [-0.2, 0) is 12.8 Å². The lowest BCUT2D eigenvalue weighted by Gasteiger charge is -2.15. The maximum atomic E-state index is 6.04. The number of halogens is 2. The number of nitrogens with zero attached hydrogens (tertiary/aromatic N) is 2. The van der Waals surface area contributed by atoms with Crippen molar-refractivity contribution in [1.82, 2.24) is 15.0 Å². The number of hydrogen-bond acceptors (Lipinski definition) is 5. The van der Waals surface area contributed by atoms with Crippen molar-refractivity contribution in [2.75, 3.05) is 0 Å². The zero-order valence-electron chi connectivity index (χ0n) is 11.1. The molecule has 0 aliphatic carbocycles. The molecule has 1 unspecified atom stereocenters. The fourth-order valence-electron chi connectivity index (χ4n) is 2.02. The summed E-state index contributed by atoms with van der Waals surface area (Å²) in [6, 6.07) is 5.59. The molecule has 2 aromatic rings. The number of rotatable bonds is 6. The topological polar surface area (TPSA) is 63.8 Å². The molecule has 0 fully saturated rings. The van der Waals surface area contributed by atoms with Crippen LogP contribution in [0.25, 0.3) is 0 Å². The van der Waals surface area contributed by atoms with Gasteiger partial charge in [-0.05, 0) is 42.1 Å². The average Bonchev–Trinajstić information content (AvgIpc) is 2.88. The van der Waals surface area contributed by atoms with Crippen molar-refractivity contribution in [3.63, 3.8) is 0 Å². The van der Waals surface area contributed by atoms with Crippen molar-refractivity contribution >= 4 is 34.7 Å². The van der Waals surface area contributed by atoms with Gasteiger partial charge in [0.2, 0.25) is 0 Å². The lowest BCUT2D eigenvalue weighted by molar-refractivity contribution is 0.554. The largest absolute Gasteiger partial charge is 0.271 e. The summed E-state index contributed by atoms with van der Waals surface area (Å²) >= 11 is 13.4. The van der Waals surface area contributed by atoms with Crippen molar-refractivity contribution in [3.8, 4) is 0 Å². The summed E-state index contributed by atoms with van der Waals surface area (Å²) in [6.45, 7) is 2.12. The molecule has 1 atom stereocenters. The smallest absolute Gasteiger partial charge is 0.0804 e. The molecular formula is C13H16Cl2N4S. The van der Waals surface area contributed by atoms with E-state index in [0.29, 0.717) is 16.5 Å². The number of benzene rings is 1. The molecule has 0 saturated heterocycles. The summed E-state index contributed by atoms with van der Waals surface area (Å²) in [6.07, 6.45) is 2.65. The van der Waals surface area contributed by atoms with E-state index in [-0.39, 0.29) is 6.04 Å². The van der Waals surface area contributed by atoms with Gasteiger partial charge in [-0.1, -0.05) is 47.1 Å². The Morgan fingerprint density at radius 2 is 2.15 bits per heavy atom. The first kappa shape index (κ1) is 15.7. The van der Waals surface area contributed by atoms with E-state index < -0.39 is 0 Å². The van der Waals surface area contributed by atoms with Gasteiger partial charge in [-0.3, -0.25) is 11.3 Å². The Bertz CT molecular complexity index is 573. The van der Waals surface area contributed by atoms with Gasteiger partial charge in [-0.25, -0.2) is 0 Å². The fraction of sp³-hybridized carbons (Fsp3) is 0.385. The molecule has 0 aliphatic rings. The van der Waals surface area contributed by atoms with Gasteiger partial charge in [0.15, 0.2) is 0 Å². The number of nitrogens with two attached hydrogens (primary N) is 1. The molecule has 0 radical (unpaired) electrons. The Morgan fingerprint density at radius 1 is 1.35 bits per heavy atom. The molecule has 3 N–H and O–H groups in total. The van der Waals surface area contributed by atoms with E-state index in [2.05, 4.69) is 21.9 Å². The Kier molecular flexibility index (Phi) is 5.74. The highest BCUT2D eigenvalue weighted by molar-refractivity contribution is 7.05. The van der Waals surface area contributed by atoms with E-state index in [0.717, 1.165) is 29.0 Å². The Labute approximate surface area is 132 Å². The van der Waals surface area contributed by atoms with Crippen LogP contribution in [0.5, 0.6) is 0 Å². The maximum Gasteiger partial charge on any atom is 0.0804 e. The van der Waals surface area contributed by atoms with E-state index in [1.807, 2.05) is 12.1 Å². The summed E-state index contributed by atoms with van der Waals surface area (Å²) in [5, 5.41) is 5.28. The van der Waals surface area contributed by atoms with Crippen LogP contribution in [0.4, 0.5) is 0 Å². The minimum absolute atomic E-state index is 0.0196. The van der Waals surface area contributed by atoms with Crippen molar-refractivity contribution in [2.45, 2.75) is 32.2 Å². The lowest BCUT2D eigenvalue weighted by Crippen LogP contribution is -2.29. The zero-order valence-corrected chi connectivity index (χ0v) is 13.4. The maximum absolute atomic E-state index is 6.04. The number of hydrazine groups is 1. The summed E-state index contributed by atoms with van der Waals surface area (Å²) in [5.74, 6) is 5.69. The Morgan fingerprint density at radius 3 is 2.80 bits per heavy atom. The van der Waals surface area contributed by atoms with Gasteiger partial charge in [0.25, 0.3) is 0 Å². The molecule has 0 aliphatic heterocycles. The monoisotopic (exact) mass is 330 g/mol.